The number of aliphatic hydroxyl groups is 2. The number of hydrogen-bond donors (Lipinski definition) is 4. The zero-order valence-corrected chi connectivity index (χ0v) is 14.0. The average molecular weight is 324 g/mol. The van der Waals surface area contributed by atoms with E-state index in [-0.39, 0.29) is 23.9 Å². The second-order valence-electron chi connectivity index (χ2n) is 7.89. The van der Waals surface area contributed by atoms with Gasteiger partial charge in [0.2, 0.25) is 11.8 Å². The molecule has 6 heteroatoms. The van der Waals surface area contributed by atoms with Gasteiger partial charge in [-0.25, -0.2) is 0 Å². The van der Waals surface area contributed by atoms with Crippen LogP contribution in [0.1, 0.15) is 65.2 Å². The molecule has 3 aliphatic rings. The van der Waals surface area contributed by atoms with Gasteiger partial charge in [-0.1, -0.05) is 0 Å². The summed E-state index contributed by atoms with van der Waals surface area (Å²) in [5.41, 5.74) is -2.66. The lowest BCUT2D eigenvalue weighted by atomic mass is 9.75. The van der Waals surface area contributed by atoms with Crippen LogP contribution in [0, 0.1) is 5.41 Å². The highest BCUT2D eigenvalue weighted by Crippen LogP contribution is 2.47. The first kappa shape index (κ1) is 16.7. The van der Waals surface area contributed by atoms with Crippen LogP contribution in [0.4, 0.5) is 0 Å². The third-order valence-electron chi connectivity index (χ3n) is 6.37. The molecule has 0 aliphatic heterocycles. The molecule has 2 amide bonds. The van der Waals surface area contributed by atoms with Gasteiger partial charge in [0.05, 0.1) is 23.3 Å². The Hall–Kier alpha value is -1.14. The smallest absolute Gasteiger partial charge is 0.236 e. The molecule has 0 aromatic rings. The molecule has 0 saturated heterocycles. The fraction of sp³-hybridized carbons (Fsp3) is 0.882. The topological polar surface area (TPSA) is 98.7 Å². The molecule has 23 heavy (non-hydrogen) atoms. The average Bonchev–Trinajstić information content (AvgIpc) is 3.23. The normalized spacial score (nSPS) is 28.5. The highest BCUT2D eigenvalue weighted by atomic mass is 16.3. The summed E-state index contributed by atoms with van der Waals surface area (Å²) in [7, 11) is 0. The Labute approximate surface area is 137 Å². The zero-order valence-electron chi connectivity index (χ0n) is 14.0. The van der Waals surface area contributed by atoms with E-state index in [4.69, 9.17) is 0 Å². The van der Waals surface area contributed by atoms with Crippen molar-refractivity contribution in [2.24, 2.45) is 5.41 Å². The fourth-order valence-corrected chi connectivity index (χ4v) is 3.56. The van der Waals surface area contributed by atoms with Crippen molar-refractivity contribution >= 4 is 11.8 Å². The van der Waals surface area contributed by atoms with Gasteiger partial charge < -0.3 is 20.8 Å². The Bertz CT molecular complexity index is 465. The Morgan fingerprint density at radius 3 is 1.35 bits per heavy atom. The van der Waals surface area contributed by atoms with Gasteiger partial charge >= 0.3 is 0 Å². The van der Waals surface area contributed by atoms with Crippen molar-refractivity contribution in [3.05, 3.63) is 0 Å². The summed E-state index contributed by atoms with van der Waals surface area (Å²) in [4.78, 5) is 25.1. The van der Waals surface area contributed by atoms with E-state index in [1.54, 1.807) is 13.8 Å². The highest BCUT2D eigenvalue weighted by Gasteiger charge is 2.58. The van der Waals surface area contributed by atoms with Crippen LogP contribution >= 0.6 is 0 Å². The first-order chi connectivity index (χ1) is 10.7. The minimum Gasteiger partial charge on any atom is -0.388 e. The monoisotopic (exact) mass is 324 g/mol. The van der Waals surface area contributed by atoms with Gasteiger partial charge in [0, 0.05) is 0 Å². The van der Waals surface area contributed by atoms with Crippen molar-refractivity contribution < 1.29 is 19.8 Å². The minimum absolute atomic E-state index is 0.296. The third-order valence-corrected chi connectivity index (χ3v) is 6.37. The van der Waals surface area contributed by atoms with Gasteiger partial charge in [-0.2, -0.15) is 0 Å². The lowest BCUT2D eigenvalue weighted by Crippen LogP contribution is -2.59. The molecular formula is C17H28N2O4. The van der Waals surface area contributed by atoms with Crippen molar-refractivity contribution in [1.82, 2.24) is 10.6 Å². The largest absolute Gasteiger partial charge is 0.388 e. The van der Waals surface area contributed by atoms with Crippen LogP contribution in [0.5, 0.6) is 0 Å². The van der Waals surface area contributed by atoms with Crippen molar-refractivity contribution in [1.29, 1.82) is 0 Å². The molecule has 0 bridgehead atoms. The van der Waals surface area contributed by atoms with Gasteiger partial charge in [0.1, 0.15) is 5.41 Å². The van der Waals surface area contributed by atoms with Crippen LogP contribution < -0.4 is 10.6 Å². The number of amides is 2. The SMILES string of the molecule is C[C@@H](NC(=O)C1(C(=O)N[C@H](C)C2(O)CCC2)CC1)C1(O)CCC1. The number of nitrogens with one attached hydrogen (secondary N) is 2. The Kier molecular flexibility index (Phi) is 3.96. The molecular weight excluding hydrogens is 296 g/mol. The molecule has 3 saturated carbocycles. The summed E-state index contributed by atoms with van der Waals surface area (Å²) in [5, 5.41) is 26.3. The number of hydrogen-bond acceptors (Lipinski definition) is 4. The molecule has 3 fully saturated rings. The molecule has 2 atom stereocenters. The van der Waals surface area contributed by atoms with Crippen LogP contribution in [-0.4, -0.2) is 45.3 Å². The molecule has 0 aromatic carbocycles. The van der Waals surface area contributed by atoms with E-state index in [2.05, 4.69) is 10.6 Å². The second kappa shape index (κ2) is 5.45. The number of rotatable bonds is 6. The van der Waals surface area contributed by atoms with Crippen LogP contribution in [0.2, 0.25) is 0 Å². The van der Waals surface area contributed by atoms with Gasteiger partial charge in [-0.05, 0) is 65.2 Å². The molecule has 3 aliphatic carbocycles. The molecule has 130 valence electrons. The summed E-state index contributed by atoms with van der Waals surface area (Å²) in [5.74, 6) is -0.591. The Morgan fingerprint density at radius 1 is 0.783 bits per heavy atom. The first-order valence-electron chi connectivity index (χ1n) is 8.79. The van der Waals surface area contributed by atoms with Crippen molar-refractivity contribution in [2.75, 3.05) is 0 Å². The van der Waals surface area contributed by atoms with Gasteiger partial charge in [-0.15, -0.1) is 0 Å². The predicted molar refractivity (Wildman–Crippen MR) is 84.5 cm³/mol. The van der Waals surface area contributed by atoms with E-state index in [9.17, 15) is 19.8 Å². The molecule has 0 aromatic heterocycles. The third kappa shape index (κ3) is 2.76. The molecule has 0 radical (unpaired) electrons. The molecule has 3 rings (SSSR count). The van der Waals surface area contributed by atoms with Gasteiger partial charge in [-0.3, -0.25) is 9.59 Å². The Morgan fingerprint density at radius 2 is 1.13 bits per heavy atom. The summed E-state index contributed by atoms with van der Waals surface area (Å²) >= 11 is 0. The van der Waals surface area contributed by atoms with E-state index >= 15 is 0 Å². The van der Waals surface area contributed by atoms with Crippen LogP contribution in [0.3, 0.4) is 0 Å². The predicted octanol–water partition coefficient (Wildman–Crippen LogP) is 0.606. The van der Waals surface area contributed by atoms with Crippen LogP contribution in [0.15, 0.2) is 0 Å². The molecule has 6 nitrogen and oxygen atoms in total. The van der Waals surface area contributed by atoms with Crippen LogP contribution in [-0.2, 0) is 9.59 Å². The zero-order chi connectivity index (χ0) is 16.9. The molecule has 0 unspecified atom stereocenters. The van der Waals surface area contributed by atoms with Crippen LogP contribution in [0.25, 0.3) is 0 Å². The van der Waals surface area contributed by atoms with Crippen molar-refractivity contribution in [3.63, 3.8) is 0 Å². The highest BCUT2D eigenvalue weighted by molar-refractivity contribution is 6.08. The summed E-state index contributed by atoms with van der Waals surface area (Å²) in [6, 6.07) is -0.690. The molecule has 4 N–H and O–H groups in total. The number of carbonyl (C=O) groups excluding carboxylic acids is 2. The maximum absolute atomic E-state index is 12.5. The summed E-state index contributed by atoms with van der Waals surface area (Å²) < 4.78 is 0. The van der Waals surface area contributed by atoms with Crippen molar-refractivity contribution in [2.45, 2.75) is 88.5 Å². The van der Waals surface area contributed by atoms with Gasteiger partial charge in [0.15, 0.2) is 0 Å². The second-order valence-corrected chi connectivity index (χ2v) is 7.89. The van der Waals surface area contributed by atoms with E-state index in [1.807, 2.05) is 0 Å². The maximum Gasteiger partial charge on any atom is 0.236 e. The summed E-state index contributed by atoms with van der Waals surface area (Å²) in [6.45, 7) is 3.59. The quantitative estimate of drug-likeness (QED) is 0.538. The van der Waals surface area contributed by atoms with Crippen molar-refractivity contribution in [3.8, 4) is 0 Å². The standard InChI is InChI=1S/C17H28N2O4/c1-11(16(22)5-3-6-16)18-13(20)15(9-10-15)14(21)19-12(2)17(23)7-4-8-17/h11-12,22-23H,3-10H2,1-2H3,(H,18,20)(H,19,21)/t11-,12-/m1/s1. The van der Waals surface area contributed by atoms with E-state index in [0.717, 1.165) is 12.8 Å². The first-order valence-corrected chi connectivity index (χ1v) is 8.79. The summed E-state index contributed by atoms with van der Waals surface area (Å²) in [6.07, 6.45) is 5.77. The lowest BCUT2D eigenvalue weighted by molar-refractivity contribution is -0.142. The maximum atomic E-state index is 12.5. The molecule has 0 heterocycles. The Balaban J connectivity index is 1.57. The lowest BCUT2D eigenvalue weighted by Gasteiger charge is -2.43. The molecule has 0 spiro atoms. The minimum atomic E-state index is -1.01. The number of carbonyl (C=O) groups is 2. The van der Waals surface area contributed by atoms with E-state index in [1.165, 1.54) is 0 Å². The van der Waals surface area contributed by atoms with Gasteiger partial charge in [0.25, 0.3) is 0 Å². The van der Waals surface area contributed by atoms with E-state index < -0.39 is 16.6 Å². The van der Waals surface area contributed by atoms with E-state index in [0.29, 0.717) is 38.5 Å². The fourth-order valence-electron chi connectivity index (χ4n) is 3.56.